The van der Waals surface area contributed by atoms with Crippen molar-refractivity contribution < 1.29 is 28.9 Å². The first-order chi connectivity index (χ1) is 14.2. The number of esters is 2. The summed E-state index contributed by atoms with van der Waals surface area (Å²) < 4.78 is 16.4. The van der Waals surface area contributed by atoms with Crippen LogP contribution < -0.4 is 9.47 Å². The van der Waals surface area contributed by atoms with E-state index in [1.54, 1.807) is 6.07 Å². The number of likely N-dealkylation sites (tertiary alicyclic amines) is 1. The molecule has 0 spiro atoms. The third-order valence-corrected chi connectivity index (χ3v) is 7.09. The number of fused-ring (bicyclic) bond motifs is 1. The molecule has 0 amide bonds. The first kappa shape index (κ1) is 20.9. The molecule has 1 N–H and O–H groups in total. The number of rotatable bonds is 4. The molecule has 0 aromatic heterocycles. The number of carbonyl (C=O) groups excluding carboxylic acids is 2. The molecule has 2 bridgehead atoms. The van der Waals surface area contributed by atoms with Crippen molar-refractivity contribution >= 4 is 18.0 Å². The molecule has 1 aromatic carbocycles. The number of benzene rings is 1. The van der Waals surface area contributed by atoms with Gasteiger partial charge in [0.1, 0.15) is 12.2 Å². The fraction of sp³-hybridized carbons (Fsp3) is 0.565. The molecular formula is C23H29NO6. The van der Waals surface area contributed by atoms with Crippen LogP contribution in [-0.2, 0) is 19.7 Å². The summed E-state index contributed by atoms with van der Waals surface area (Å²) in [6.07, 6.45) is 6.10. The van der Waals surface area contributed by atoms with Gasteiger partial charge in [0.15, 0.2) is 11.5 Å². The van der Waals surface area contributed by atoms with E-state index in [-0.39, 0.29) is 12.6 Å². The number of carbonyl (C=O) groups is 2. The van der Waals surface area contributed by atoms with Gasteiger partial charge < -0.3 is 24.2 Å². The summed E-state index contributed by atoms with van der Waals surface area (Å²) in [5.41, 5.74) is -0.714. The van der Waals surface area contributed by atoms with Crippen LogP contribution in [0.15, 0.2) is 18.2 Å². The lowest BCUT2D eigenvalue weighted by molar-refractivity contribution is -0.203. The van der Waals surface area contributed by atoms with Gasteiger partial charge in [-0.05, 0) is 31.5 Å². The SMILES string of the molecule is COc1ccc2c(c1OC(C)=O)C=C[C@]1(O)[C@@]3(COC(C)=O)CCC[C@@]21CN(C)C3. The number of nitrogens with zero attached hydrogens (tertiary/aromatic N) is 1. The Bertz CT molecular complexity index is 927. The minimum atomic E-state index is -1.19. The summed E-state index contributed by atoms with van der Waals surface area (Å²) in [5, 5.41) is 12.2. The van der Waals surface area contributed by atoms with Crippen LogP contribution in [0.1, 0.15) is 44.2 Å². The van der Waals surface area contributed by atoms with E-state index in [4.69, 9.17) is 14.2 Å². The van der Waals surface area contributed by atoms with Crippen molar-refractivity contribution in [3.05, 3.63) is 29.3 Å². The van der Waals surface area contributed by atoms with Gasteiger partial charge in [-0.25, -0.2) is 0 Å². The van der Waals surface area contributed by atoms with Crippen LogP contribution in [0.25, 0.3) is 6.08 Å². The highest BCUT2D eigenvalue weighted by molar-refractivity contribution is 5.78. The summed E-state index contributed by atoms with van der Waals surface area (Å²) >= 11 is 0. The van der Waals surface area contributed by atoms with E-state index in [1.807, 2.05) is 25.3 Å². The molecule has 162 valence electrons. The molecule has 1 saturated heterocycles. The van der Waals surface area contributed by atoms with Gasteiger partial charge >= 0.3 is 11.9 Å². The van der Waals surface area contributed by atoms with E-state index < -0.39 is 22.4 Å². The first-order valence-electron chi connectivity index (χ1n) is 10.3. The summed E-state index contributed by atoms with van der Waals surface area (Å²) in [6, 6.07) is 3.76. The van der Waals surface area contributed by atoms with Crippen LogP contribution in [0.2, 0.25) is 0 Å². The second-order valence-corrected chi connectivity index (χ2v) is 8.92. The summed E-state index contributed by atoms with van der Waals surface area (Å²) in [5.74, 6) is 0.0719. The zero-order chi connectivity index (χ0) is 21.7. The molecule has 7 nitrogen and oxygen atoms in total. The number of ether oxygens (including phenoxy) is 3. The van der Waals surface area contributed by atoms with Gasteiger partial charge in [0.05, 0.1) is 12.5 Å². The molecule has 3 aliphatic rings. The smallest absolute Gasteiger partial charge is 0.308 e. The maximum absolute atomic E-state index is 12.2. The number of methoxy groups -OCH3 is 1. The zero-order valence-electron chi connectivity index (χ0n) is 18.0. The Balaban J connectivity index is 1.92. The number of piperidine rings is 1. The lowest BCUT2D eigenvalue weighted by Gasteiger charge is -2.66. The molecular weight excluding hydrogens is 386 g/mol. The van der Waals surface area contributed by atoms with Crippen LogP contribution >= 0.6 is 0 Å². The van der Waals surface area contributed by atoms with Crippen molar-refractivity contribution in [3.63, 3.8) is 0 Å². The quantitative estimate of drug-likeness (QED) is 0.597. The highest BCUT2D eigenvalue weighted by atomic mass is 16.6. The molecule has 1 heterocycles. The standard InChI is InChI=1S/C23H29NO6/c1-15(25)29-14-21-9-5-10-22(13-24(3)12-21)18-6-7-19(28-4)20(30-16(2)26)17(18)8-11-23(21,22)27/h6-8,11,27H,5,9-10,12-14H2,1-4H3/t21-,22+,23-/m0/s1. The lowest BCUT2D eigenvalue weighted by atomic mass is 9.45. The van der Waals surface area contributed by atoms with E-state index in [1.165, 1.54) is 21.0 Å². The number of hydrogen-bond donors (Lipinski definition) is 1. The van der Waals surface area contributed by atoms with Crippen LogP contribution in [-0.4, -0.2) is 61.4 Å². The van der Waals surface area contributed by atoms with Gasteiger partial charge in [0.25, 0.3) is 0 Å². The van der Waals surface area contributed by atoms with Gasteiger partial charge in [0, 0.05) is 37.9 Å². The summed E-state index contributed by atoms with van der Waals surface area (Å²) in [4.78, 5) is 25.6. The Labute approximate surface area is 176 Å². The van der Waals surface area contributed by atoms with E-state index in [0.717, 1.165) is 30.4 Å². The van der Waals surface area contributed by atoms with Crippen molar-refractivity contribution in [1.82, 2.24) is 4.90 Å². The number of likely N-dealkylation sites (N-methyl/N-ethyl adjacent to an activating group) is 1. The fourth-order valence-electron chi connectivity index (χ4n) is 6.05. The Hall–Kier alpha value is -2.38. The minimum Gasteiger partial charge on any atom is -0.493 e. The van der Waals surface area contributed by atoms with E-state index in [2.05, 4.69) is 4.90 Å². The maximum atomic E-state index is 12.2. The van der Waals surface area contributed by atoms with Crippen LogP contribution in [0, 0.1) is 5.41 Å². The molecule has 0 radical (unpaired) electrons. The van der Waals surface area contributed by atoms with Crippen molar-refractivity contribution in [3.8, 4) is 11.5 Å². The number of hydrogen-bond acceptors (Lipinski definition) is 7. The third kappa shape index (κ3) is 2.79. The Morgan fingerprint density at radius 2 is 1.93 bits per heavy atom. The normalized spacial score (nSPS) is 32.0. The predicted octanol–water partition coefficient (Wildman–Crippen LogP) is 2.30. The molecule has 30 heavy (non-hydrogen) atoms. The van der Waals surface area contributed by atoms with Crippen molar-refractivity contribution in [2.75, 3.05) is 33.9 Å². The highest BCUT2D eigenvalue weighted by Crippen LogP contribution is 2.62. The molecule has 2 aliphatic carbocycles. The first-order valence-corrected chi connectivity index (χ1v) is 10.3. The lowest BCUT2D eigenvalue weighted by Crippen LogP contribution is -2.75. The van der Waals surface area contributed by atoms with Crippen LogP contribution in [0.4, 0.5) is 0 Å². The molecule has 1 aliphatic heterocycles. The van der Waals surface area contributed by atoms with Crippen molar-refractivity contribution in [1.29, 1.82) is 0 Å². The molecule has 0 unspecified atom stereocenters. The summed E-state index contributed by atoms with van der Waals surface area (Å²) in [6.45, 7) is 4.20. The van der Waals surface area contributed by atoms with E-state index >= 15 is 0 Å². The second-order valence-electron chi connectivity index (χ2n) is 8.92. The zero-order valence-corrected chi connectivity index (χ0v) is 18.0. The second kappa shape index (κ2) is 7.10. The number of aliphatic hydroxyl groups is 1. The van der Waals surface area contributed by atoms with Gasteiger partial charge in [-0.15, -0.1) is 0 Å². The molecule has 2 fully saturated rings. The Morgan fingerprint density at radius 1 is 1.17 bits per heavy atom. The maximum Gasteiger partial charge on any atom is 0.308 e. The molecule has 3 atom stereocenters. The molecule has 4 rings (SSSR count). The van der Waals surface area contributed by atoms with Crippen molar-refractivity contribution in [2.45, 2.75) is 44.1 Å². The molecule has 1 saturated carbocycles. The largest absolute Gasteiger partial charge is 0.493 e. The van der Waals surface area contributed by atoms with Crippen molar-refractivity contribution in [2.24, 2.45) is 5.41 Å². The Kier molecular flexibility index (Phi) is 4.94. The topological polar surface area (TPSA) is 85.3 Å². The van der Waals surface area contributed by atoms with E-state index in [0.29, 0.717) is 24.6 Å². The minimum absolute atomic E-state index is 0.164. The van der Waals surface area contributed by atoms with Gasteiger partial charge in [-0.3, -0.25) is 9.59 Å². The molecule has 1 aromatic rings. The Morgan fingerprint density at radius 3 is 2.60 bits per heavy atom. The average Bonchev–Trinajstić information content (AvgIpc) is 2.66. The highest BCUT2D eigenvalue weighted by Gasteiger charge is 2.68. The fourth-order valence-corrected chi connectivity index (χ4v) is 6.05. The van der Waals surface area contributed by atoms with Crippen LogP contribution in [0.5, 0.6) is 11.5 Å². The predicted molar refractivity (Wildman–Crippen MR) is 110 cm³/mol. The monoisotopic (exact) mass is 415 g/mol. The average molecular weight is 415 g/mol. The van der Waals surface area contributed by atoms with Gasteiger partial charge in [-0.1, -0.05) is 24.6 Å². The van der Waals surface area contributed by atoms with Gasteiger partial charge in [-0.2, -0.15) is 0 Å². The molecule has 7 heteroatoms. The van der Waals surface area contributed by atoms with E-state index in [9.17, 15) is 14.7 Å². The third-order valence-electron chi connectivity index (χ3n) is 7.09. The summed E-state index contributed by atoms with van der Waals surface area (Å²) in [7, 11) is 3.57. The van der Waals surface area contributed by atoms with Crippen LogP contribution in [0.3, 0.4) is 0 Å². The van der Waals surface area contributed by atoms with Gasteiger partial charge in [0.2, 0.25) is 0 Å².